The van der Waals surface area contributed by atoms with Gasteiger partial charge in [0.05, 0.1) is 16.8 Å². The SMILES string of the molecule is CC(C)(C)OC(=O)N1Cc2ccc(N3C(=O)c4ccccc4C3=O)cc2C1. The number of fused-ring (bicyclic) bond motifs is 2. The fraction of sp³-hybridized carbons (Fsp3) is 0.286. The zero-order valence-corrected chi connectivity index (χ0v) is 15.5. The molecule has 6 nitrogen and oxygen atoms in total. The van der Waals surface area contributed by atoms with Gasteiger partial charge < -0.3 is 4.74 Å². The zero-order chi connectivity index (χ0) is 19.3. The van der Waals surface area contributed by atoms with E-state index in [9.17, 15) is 14.4 Å². The molecular formula is C21H20N2O4. The number of amides is 3. The topological polar surface area (TPSA) is 66.9 Å². The van der Waals surface area contributed by atoms with E-state index in [2.05, 4.69) is 0 Å². The van der Waals surface area contributed by atoms with E-state index in [0.717, 1.165) is 11.1 Å². The van der Waals surface area contributed by atoms with Crippen molar-refractivity contribution in [2.45, 2.75) is 39.5 Å². The van der Waals surface area contributed by atoms with Crippen molar-refractivity contribution in [2.75, 3.05) is 4.90 Å². The Morgan fingerprint density at radius 1 is 0.926 bits per heavy atom. The summed E-state index contributed by atoms with van der Waals surface area (Å²) in [6.45, 7) is 6.32. The molecular weight excluding hydrogens is 344 g/mol. The smallest absolute Gasteiger partial charge is 0.410 e. The lowest BCUT2D eigenvalue weighted by atomic mass is 10.1. The lowest BCUT2D eigenvalue weighted by Crippen LogP contribution is -2.33. The highest BCUT2D eigenvalue weighted by atomic mass is 16.6. The van der Waals surface area contributed by atoms with Crippen LogP contribution in [0.3, 0.4) is 0 Å². The van der Waals surface area contributed by atoms with E-state index in [1.165, 1.54) is 4.90 Å². The molecule has 3 amide bonds. The predicted octanol–water partition coefficient (Wildman–Crippen LogP) is 3.74. The Hall–Kier alpha value is -3.15. The first-order valence-corrected chi connectivity index (χ1v) is 8.82. The molecule has 6 heteroatoms. The van der Waals surface area contributed by atoms with Crippen molar-refractivity contribution in [1.82, 2.24) is 4.90 Å². The molecule has 2 aromatic rings. The zero-order valence-electron chi connectivity index (χ0n) is 15.5. The maximum absolute atomic E-state index is 12.7. The summed E-state index contributed by atoms with van der Waals surface area (Å²) in [6.07, 6.45) is -0.374. The van der Waals surface area contributed by atoms with Crippen molar-refractivity contribution in [3.05, 3.63) is 64.7 Å². The third kappa shape index (κ3) is 2.97. The highest BCUT2D eigenvalue weighted by Gasteiger charge is 2.37. The second kappa shape index (κ2) is 5.94. The van der Waals surface area contributed by atoms with Gasteiger partial charge in [0, 0.05) is 13.1 Å². The molecule has 138 valence electrons. The average molecular weight is 364 g/mol. The summed E-state index contributed by atoms with van der Waals surface area (Å²) in [5, 5.41) is 0. The molecule has 0 saturated carbocycles. The summed E-state index contributed by atoms with van der Waals surface area (Å²) >= 11 is 0. The van der Waals surface area contributed by atoms with Crippen molar-refractivity contribution < 1.29 is 19.1 Å². The maximum Gasteiger partial charge on any atom is 0.410 e. The van der Waals surface area contributed by atoms with E-state index >= 15 is 0 Å². The van der Waals surface area contributed by atoms with Crippen molar-refractivity contribution in [3.63, 3.8) is 0 Å². The standard InChI is InChI=1S/C21H20N2O4/c1-21(2,3)27-20(26)22-11-13-8-9-15(10-14(13)12-22)23-18(24)16-6-4-5-7-17(16)19(23)25/h4-10H,11-12H2,1-3H3. The summed E-state index contributed by atoms with van der Waals surface area (Å²) in [6, 6.07) is 12.2. The van der Waals surface area contributed by atoms with Crippen LogP contribution in [-0.2, 0) is 17.8 Å². The lowest BCUT2D eigenvalue weighted by molar-refractivity contribution is 0.0241. The van der Waals surface area contributed by atoms with Crippen LogP contribution < -0.4 is 4.90 Å². The van der Waals surface area contributed by atoms with Crippen LogP contribution in [0.15, 0.2) is 42.5 Å². The van der Waals surface area contributed by atoms with Crippen molar-refractivity contribution in [1.29, 1.82) is 0 Å². The average Bonchev–Trinajstić information content (AvgIpc) is 3.13. The number of nitrogens with zero attached hydrogens (tertiary/aromatic N) is 2. The molecule has 0 N–H and O–H groups in total. The predicted molar refractivity (Wildman–Crippen MR) is 99.5 cm³/mol. The van der Waals surface area contributed by atoms with Crippen LogP contribution in [0.4, 0.5) is 10.5 Å². The van der Waals surface area contributed by atoms with Gasteiger partial charge >= 0.3 is 6.09 Å². The summed E-state index contributed by atoms with van der Waals surface area (Å²) in [4.78, 5) is 40.4. The monoisotopic (exact) mass is 364 g/mol. The van der Waals surface area contributed by atoms with Gasteiger partial charge in [0.15, 0.2) is 0 Å². The molecule has 0 radical (unpaired) electrons. The quantitative estimate of drug-likeness (QED) is 0.723. The molecule has 2 aliphatic rings. The largest absolute Gasteiger partial charge is 0.444 e. The summed E-state index contributed by atoms with van der Waals surface area (Å²) in [5.74, 6) is -0.643. The number of anilines is 1. The van der Waals surface area contributed by atoms with E-state index in [4.69, 9.17) is 4.74 Å². The first-order valence-electron chi connectivity index (χ1n) is 8.82. The highest BCUT2D eigenvalue weighted by molar-refractivity contribution is 6.34. The molecule has 0 fully saturated rings. The molecule has 4 rings (SSSR count). The number of hydrogen-bond donors (Lipinski definition) is 0. The van der Waals surface area contributed by atoms with Crippen LogP contribution in [0.25, 0.3) is 0 Å². The number of carbonyl (C=O) groups excluding carboxylic acids is 3. The van der Waals surface area contributed by atoms with Crippen LogP contribution in [-0.4, -0.2) is 28.4 Å². The van der Waals surface area contributed by atoms with Gasteiger partial charge in [-0.1, -0.05) is 18.2 Å². The third-order valence-corrected chi connectivity index (χ3v) is 4.62. The molecule has 0 atom stereocenters. The lowest BCUT2D eigenvalue weighted by Gasteiger charge is -2.24. The van der Waals surface area contributed by atoms with Crippen molar-refractivity contribution in [3.8, 4) is 0 Å². The molecule has 2 aromatic carbocycles. The van der Waals surface area contributed by atoms with Crippen LogP contribution in [0.1, 0.15) is 52.6 Å². The van der Waals surface area contributed by atoms with Gasteiger partial charge in [0.2, 0.25) is 0 Å². The normalized spacial score (nSPS) is 15.8. The summed E-state index contributed by atoms with van der Waals surface area (Å²) in [5.41, 5.74) is 2.69. The van der Waals surface area contributed by atoms with Gasteiger partial charge in [0.1, 0.15) is 5.60 Å². The Morgan fingerprint density at radius 2 is 1.52 bits per heavy atom. The molecule has 0 spiro atoms. The van der Waals surface area contributed by atoms with E-state index in [1.807, 2.05) is 26.8 Å². The fourth-order valence-electron chi connectivity index (χ4n) is 3.40. The van der Waals surface area contributed by atoms with Crippen LogP contribution in [0, 0.1) is 0 Å². The van der Waals surface area contributed by atoms with Crippen molar-refractivity contribution >= 4 is 23.6 Å². The maximum atomic E-state index is 12.7. The Labute approximate surface area is 157 Å². The van der Waals surface area contributed by atoms with Gasteiger partial charge in [-0.15, -0.1) is 0 Å². The first-order chi connectivity index (χ1) is 12.7. The number of hydrogen-bond acceptors (Lipinski definition) is 4. The first kappa shape index (κ1) is 17.3. The Bertz CT molecular complexity index is 939. The molecule has 0 aromatic heterocycles. The number of rotatable bonds is 1. The van der Waals surface area contributed by atoms with E-state index < -0.39 is 5.60 Å². The number of imide groups is 1. The number of carbonyl (C=O) groups is 3. The molecule has 2 aliphatic heterocycles. The molecule has 0 unspecified atom stereocenters. The highest BCUT2D eigenvalue weighted by Crippen LogP contribution is 2.32. The third-order valence-electron chi connectivity index (χ3n) is 4.62. The Balaban J connectivity index is 1.58. The minimum absolute atomic E-state index is 0.322. The van der Waals surface area contributed by atoms with Gasteiger partial charge in [0.25, 0.3) is 11.8 Å². The van der Waals surface area contributed by atoms with Crippen molar-refractivity contribution in [2.24, 2.45) is 0 Å². The van der Waals surface area contributed by atoms with Crippen LogP contribution in [0.5, 0.6) is 0 Å². The molecule has 2 heterocycles. The molecule has 0 aliphatic carbocycles. The van der Waals surface area contributed by atoms with E-state index in [-0.39, 0.29) is 17.9 Å². The van der Waals surface area contributed by atoms with E-state index in [0.29, 0.717) is 29.9 Å². The van der Waals surface area contributed by atoms with Gasteiger partial charge in [-0.3, -0.25) is 14.5 Å². The van der Waals surface area contributed by atoms with Gasteiger partial charge in [-0.05, 0) is 56.2 Å². The minimum atomic E-state index is -0.558. The fourth-order valence-corrected chi connectivity index (χ4v) is 3.40. The second-order valence-corrected chi connectivity index (χ2v) is 7.78. The van der Waals surface area contributed by atoms with Gasteiger partial charge in [-0.25, -0.2) is 9.69 Å². The van der Waals surface area contributed by atoms with Crippen LogP contribution in [0.2, 0.25) is 0 Å². The number of ether oxygens (including phenoxy) is 1. The Kier molecular flexibility index (Phi) is 3.80. The molecule has 27 heavy (non-hydrogen) atoms. The Morgan fingerprint density at radius 3 is 2.11 bits per heavy atom. The second-order valence-electron chi connectivity index (χ2n) is 7.78. The van der Waals surface area contributed by atoms with E-state index in [1.54, 1.807) is 41.3 Å². The number of benzene rings is 2. The molecule has 0 saturated heterocycles. The van der Waals surface area contributed by atoms with Gasteiger partial charge in [-0.2, -0.15) is 0 Å². The molecule has 0 bridgehead atoms. The summed E-state index contributed by atoms with van der Waals surface area (Å²) in [7, 11) is 0. The minimum Gasteiger partial charge on any atom is -0.444 e. The summed E-state index contributed by atoms with van der Waals surface area (Å²) < 4.78 is 5.43. The van der Waals surface area contributed by atoms with Crippen LogP contribution >= 0.6 is 0 Å².